The molecular weight excluding hydrogens is 376 g/mol. The number of rotatable bonds is 7. The third-order valence-electron chi connectivity index (χ3n) is 4.29. The lowest BCUT2D eigenvalue weighted by molar-refractivity contribution is -0.130. The van der Waals surface area contributed by atoms with Crippen molar-refractivity contribution in [2.45, 2.75) is 20.8 Å². The fourth-order valence-electron chi connectivity index (χ4n) is 2.69. The molecule has 0 unspecified atom stereocenters. The summed E-state index contributed by atoms with van der Waals surface area (Å²) in [5.74, 6) is 0.165. The number of nitrogens with zero attached hydrogens (tertiary/aromatic N) is 1. The van der Waals surface area contributed by atoms with E-state index in [1.807, 2.05) is 45.0 Å². The standard InChI is InChI=1S/C22H25ClN2O3/c1-5-25(14-21(26)24-19-13-18(23)9-7-16(19)3)22(27)11-8-17-12-15(2)6-10-20(17)28-4/h6-13H,5,14H2,1-4H3,(H,24,26)/b11-8+. The van der Waals surface area contributed by atoms with E-state index in [0.717, 1.165) is 16.7 Å². The van der Waals surface area contributed by atoms with Gasteiger partial charge in [-0.3, -0.25) is 9.59 Å². The first-order valence-corrected chi connectivity index (χ1v) is 9.39. The normalized spacial score (nSPS) is 10.8. The van der Waals surface area contributed by atoms with Crippen LogP contribution in [-0.2, 0) is 9.59 Å². The minimum Gasteiger partial charge on any atom is -0.496 e. The second-order valence-electron chi connectivity index (χ2n) is 6.44. The molecule has 0 saturated heterocycles. The molecule has 148 valence electrons. The van der Waals surface area contributed by atoms with Gasteiger partial charge in [0.1, 0.15) is 12.3 Å². The van der Waals surface area contributed by atoms with Crippen LogP contribution in [0.1, 0.15) is 23.6 Å². The fraction of sp³-hybridized carbons (Fsp3) is 0.273. The van der Waals surface area contributed by atoms with Crippen LogP contribution in [0.15, 0.2) is 42.5 Å². The van der Waals surface area contributed by atoms with E-state index in [1.165, 1.54) is 11.0 Å². The number of likely N-dealkylation sites (N-methyl/N-ethyl adjacent to an activating group) is 1. The van der Waals surface area contributed by atoms with Crippen LogP contribution in [-0.4, -0.2) is 36.9 Å². The number of carbonyl (C=O) groups excluding carboxylic acids is 2. The fourth-order valence-corrected chi connectivity index (χ4v) is 2.86. The Labute approximate surface area is 170 Å². The maximum Gasteiger partial charge on any atom is 0.247 e. The molecule has 0 heterocycles. The molecule has 2 rings (SSSR count). The summed E-state index contributed by atoms with van der Waals surface area (Å²) in [5, 5.41) is 3.35. The van der Waals surface area contributed by atoms with Crippen molar-refractivity contribution in [3.63, 3.8) is 0 Å². The number of carbonyl (C=O) groups is 2. The van der Waals surface area contributed by atoms with Crippen LogP contribution in [0.3, 0.4) is 0 Å². The minimum absolute atomic E-state index is 0.0451. The molecule has 2 aromatic carbocycles. The van der Waals surface area contributed by atoms with E-state index in [1.54, 1.807) is 25.3 Å². The Morgan fingerprint density at radius 2 is 1.93 bits per heavy atom. The van der Waals surface area contributed by atoms with E-state index >= 15 is 0 Å². The van der Waals surface area contributed by atoms with Crippen molar-refractivity contribution in [3.8, 4) is 5.75 Å². The van der Waals surface area contributed by atoms with E-state index in [4.69, 9.17) is 16.3 Å². The monoisotopic (exact) mass is 400 g/mol. The molecule has 2 amide bonds. The summed E-state index contributed by atoms with van der Waals surface area (Å²) >= 11 is 5.98. The highest BCUT2D eigenvalue weighted by atomic mass is 35.5. The predicted octanol–water partition coefficient (Wildman–Crippen LogP) is 4.47. The van der Waals surface area contributed by atoms with Crippen LogP contribution in [0.2, 0.25) is 5.02 Å². The zero-order valence-electron chi connectivity index (χ0n) is 16.6. The SMILES string of the molecule is CCN(CC(=O)Nc1cc(Cl)ccc1C)C(=O)/C=C/c1cc(C)ccc1OC. The first kappa shape index (κ1) is 21.5. The Bertz CT molecular complexity index is 893. The van der Waals surface area contributed by atoms with E-state index in [-0.39, 0.29) is 18.4 Å². The summed E-state index contributed by atoms with van der Waals surface area (Å²) in [6.45, 7) is 6.05. The van der Waals surface area contributed by atoms with Gasteiger partial charge in [-0.1, -0.05) is 29.3 Å². The molecule has 6 heteroatoms. The number of anilines is 1. The molecule has 0 radical (unpaired) electrons. The van der Waals surface area contributed by atoms with E-state index in [9.17, 15) is 9.59 Å². The average molecular weight is 401 g/mol. The van der Waals surface area contributed by atoms with Gasteiger partial charge in [-0.15, -0.1) is 0 Å². The number of amides is 2. The molecule has 0 atom stereocenters. The maximum absolute atomic E-state index is 12.5. The zero-order chi connectivity index (χ0) is 20.7. The van der Waals surface area contributed by atoms with Crippen molar-refractivity contribution >= 4 is 35.2 Å². The first-order chi connectivity index (χ1) is 13.3. The molecule has 0 fully saturated rings. The highest BCUT2D eigenvalue weighted by Gasteiger charge is 2.14. The Morgan fingerprint density at radius 1 is 1.18 bits per heavy atom. The van der Waals surface area contributed by atoms with Crippen molar-refractivity contribution in [1.29, 1.82) is 0 Å². The minimum atomic E-state index is -0.276. The number of benzene rings is 2. The number of ether oxygens (including phenoxy) is 1. The number of halogens is 1. The summed E-state index contributed by atoms with van der Waals surface area (Å²) in [5.41, 5.74) is 3.42. The number of aryl methyl sites for hydroxylation is 2. The zero-order valence-corrected chi connectivity index (χ0v) is 17.3. The molecule has 5 nitrogen and oxygen atoms in total. The van der Waals surface area contributed by atoms with Gasteiger partial charge in [0, 0.05) is 28.9 Å². The Hall–Kier alpha value is -2.79. The molecule has 1 N–H and O–H groups in total. The van der Waals surface area contributed by atoms with Crippen molar-refractivity contribution < 1.29 is 14.3 Å². The predicted molar refractivity (Wildman–Crippen MR) is 114 cm³/mol. The van der Waals surface area contributed by atoms with E-state index in [2.05, 4.69) is 5.32 Å². The number of nitrogens with one attached hydrogen (secondary N) is 1. The van der Waals surface area contributed by atoms with Crippen LogP contribution in [0, 0.1) is 13.8 Å². The summed E-state index contributed by atoms with van der Waals surface area (Å²) < 4.78 is 5.32. The summed E-state index contributed by atoms with van der Waals surface area (Å²) in [6.07, 6.45) is 3.16. The van der Waals surface area contributed by atoms with E-state index < -0.39 is 0 Å². The van der Waals surface area contributed by atoms with E-state index in [0.29, 0.717) is 23.0 Å². The van der Waals surface area contributed by atoms with Crippen LogP contribution in [0.4, 0.5) is 5.69 Å². The molecule has 0 bridgehead atoms. The Balaban J connectivity index is 2.06. The topological polar surface area (TPSA) is 58.6 Å². The van der Waals surface area contributed by atoms with Gasteiger partial charge in [0.2, 0.25) is 11.8 Å². The van der Waals surface area contributed by atoms with Gasteiger partial charge >= 0.3 is 0 Å². The van der Waals surface area contributed by atoms with Crippen molar-refractivity contribution in [1.82, 2.24) is 4.90 Å². The maximum atomic E-state index is 12.5. The smallest absolute Gasteiger partial charge is 0.247 e. The van der Waals surface area contributed by atoms with Crippen molar-refractivity contribution in [2.75, 3.05) is 25.5 Å². The van der Waals surface area contributed by atoms with Gasteiger partial charge in [0.15, 0.2) is 0 Å². The molecule has 0 aliphatic carbocycles. The molecule has 0 aromatic heterocycles. The van der Waals surface area contributed by atoms with Gasteiger partial charge in [-0.2, -0.15) is 0 Å². The van der Waals surface area contributed by atoms with Gasteiger partial charge in [0.25, 0.3) is 0 Å². The van der Waals surface area contributed by atoms with Crippen LogP contribution in [0.5, 0.6) is 5.75 Å². The molecule has 28 heavy (non-hydrogen) atoms. The summed E-state index contributed by atoms with van der Waals surface area (Å²) in [4.78, 5) is 26.4. The second kappa shape index (κ2) is 9.95. The highest BCUT2D eigenvalue weighted by molar-refractivity contribution is 6.31. The lowest BCUT2D eigenvalue weighted by atomic mass is 10.1. The number of methoxy groups -OCH3 is 1. The molecule has 0 saturated carbocycles. The summed E-state index contributed by atoms with van der Waals surface area (Å²) in [7, 11) is 1.59. The quantitative estimate of drug-likeness (QED) is 0.698. The van der Waals surface area contributed by atoms with Gasteiger partial charge in [-0.25, -0.2) is 0 Å². The largest absolute Gasteiger partial charge is 0.496 e. The first-order valence-electron chi connectivity index (χ1n) is 9.01. The molecule has 0 aliphatic heterocycles. The van der Waals surface area contributed by atoms with Crippen LogP contribution in [0.25, 0.3) is 6.08 Å². The van der Waals surface area contributed by atoms with Crippen LogP contribution >= 0.6 is 11.6 Å². The van der Waals surface area contributed by atoms with Gasteiger partial charge in [-0.05, 0) is 56.7 Å². The highest BCUT2D eigenvalue weighted by Crippen LogP contribution is 2.21. The Morgan fingerprint density at radius 3 is 2.61 bits per heavy atom. The van der Waals surface area contributed by atoms with Gasteiger partial charge in [0.05, 0.1) is 7.11 Å². The van der Waals surface area contributed by atoms with Crippen molar-refractivity contribution in [2.24, 2.45) is 0 Å². The molecular formula is C22H25ClN2O3. The van der Waals surface area contributed by atoms with Crippen LogP contribution < -0.4 is 10.1 Å². The molecule has 0 aliphatic rings. The van der Waals surface area contributed by atoms with Gasteiger partial charge < -0.3 is 15.0 Å². The number of hydrogen-bond donors (Lipinski definition) is 1. The Kier molecular flexibility index (Phi) is 7.64. The summed E-state index contributed by atoms with van der Waals surface area (Å²) in [6, 6.07) is 11.0. The lowest BCUT2D eigenvalue weighted by Gasteiger charge is -2.19. The van der Waals surface area contributed by atoms with Crippen molar-refractivity contribution in [3.05, 3.63) is 64.2 Å². The molecule has 0 spiro atoms. The number of hydrogen-bond acceptors (Lipinski definition) is 3. The lowest BCUT2D eigenvalue weighted by Crippen LogP contribution is -2.37. The average Bonchev–Trinajstić information content (AvgIpc) is 2.67. The third kappa shape index (κ3) is 5.86. The second-order valence-corrected chi connectivity index (χ2v) is 6.88. The third-order valence-corrected chi connectivity index (χ3v) is 4.53. The molecule has 2 aromatic rings.